The third kappa shape index (κ3) is 2.10. The molecule has 0 aromatic carbocycles. The van der Waals surface area contributed by atoms with Crippen LogP contribution < -0.4 is 5.73 Å². The monoisotopic (exact) mass is 149 g/mol. The van der Waals surface area contributed by atoms with E-state index in [1.165, 1.54) is 0 Å². The van der Waals surface area contributed by atoms with Gasteiger partial charge in [0, 0.05) is 20.0 Å². The zero-order chi connectivity index (χ0) is 8.10. The number of rotatable bonds is 1. The van der Waals surface area contributed by atoms with Crippen molar-refractivity contribution in [2.45, 2.75) is 6.42 Å². The van der Waals surface area contributed by atoms with E-state index in [0.717, 1.165) is 12.1 Å². The summed E-state index contributed by atoms with van der Waals surface area (Å²) in [5, 5.41) is 0. The predicted molar refractivity (Wildman–Crippen MR) is 43.8 cm³/mol. The van der Waals surface area contributed by atoms with E-state index in [1.807, 2.05) is 11.6 Å². The molecule has 1 aromatic rings. The molecule has 0 bridgehead atoms. The maximum absolute atomic E-state index is 5.28. The van der Waals surface area contributed by atoms with Crippen molar-refractivity contribution in [3.63, 3.8) is 0 Å². The van der Waals surface area contributed by atoms with Crippen LogP contribution in [0.4, 0.5) is 0 Å². The van der Waals surface area contributed by atoms with E-state index in [9.17, 15) is 0 Å². The first kappa shape index (κ1) is 7.83. The quantitative estimate of drug-likeness (QED) is 0.576. The summed E-state index contributed by atoms with van der Waals surface area (Å²) in [5.74, 6) is 5.91. The summed E-state index contributed by atoms with van der Waals surface area (Å²) in [6.07, 6.45) is 4.21. The molecule has 0 aliphatic heterocycles. The minimum Gasteiger partial charge on any atom is -0.330 e. The fourth-order valence-corrected chi connectivity index (χ4v) is 0.703. The van der Waals surface area contributed by atoms with Crippen molar-refractivity contribution in [1.82, 2.24) is 9.55 Å². The van der Waals surface area contributed by atoms with Crippen molar-refractivity contribution in [3.8, 4) is 11.8 Å². The minimum absolute atomic E-state index is 0.616. The Morgan fingerprint density at radius 2 is 2.55 bits per heavy atom. The van der Waals surface area contributed by atoms with Crippen LogP contribution in [0.1, 0.15) is 12.1 Å². The molecule has 0 saturated heterocycles. The minimum atomic E-state index is 0.616. The lowest BCUT2D eigenvalue weighted by molar-refractivity contribution is 0.899. The van der Waals surface area contributed by atoms with E-state index in [2.05, 4.69) is 16.8 Å². The van der Waals surface area contributed by atoms with Gasteiger partial charge in [-0.15, -0.1) is 0 Å². The maximum Gasteiger partial charge on any atom is 0.111 e. The molecule has 0 spiro atoms. The molecule has 0 atom stereocenters. The van der Waals surface area contributed by atoms with Crippen molar-refractivity contribution < 1.29 is 0 Å². The van der Waals surface area contributed by atoms with Gasteiger partial charge < -0.3 is 10.3 Å². The standard InChI is InChI=1S/C8H11N3/c1-11-7-10-6-8(11)4-2-3-5-9/h6-7H,3,5,9H2,1H3. The first-order valence-electron chi connectivity index (χ1n) is 3.50. The first-order chi connectivity index (χ1) is 5.34. The zero-order valence-electron chi connectivity index (χ0n) is 6.54. The SMILES string of the molecule is Cn1cncc1C#CCCN. The molecule has 1 aromatic heterocycles. The van der Waals surface area contributed by atoms with Gasteiger partial charge in [0.25, 0.3) is 0 Å². The summed E-state index contributed by atoms with van der Waals surface area (Å²) in [5.41, 5.74) is 6.21. The fraction of sp³-hybridized carbons (Fsp3) is 0.375. The van der Waals surface area contributed by atoms with Crippen LogP contribution in [0.3, 0.4) is 0 Å². The van der Waals surface area contributed by atoms with Crippen LogP contribution in [-0.4, -0.2) is 16.1 Å². The Labute approximate surface area is 66.2 Å². The molecule has 0 amide bonds. The molecular weight excluding hydrogens is 138 g/mol. The van der Waals surface area contributed by atoms with Gasteiger partial charge in [0.05, 0.1) is 12.5 Å². The largest absolute Gasteiger partial charge is 0.330 e. The van der Waals surface area contributed by atoms with Crippen LogP contribution in [0.2, 0.25) is 0 Å². The van der Waals surface area contributed by atoms with Crippen molar-refractivity contribution in [2.24, 2.45) is 12.8 Å². The summed E-state index contributed by atoms with van der Waals surface area (Å²) in [6.45, 7) is 0.616. The molecule has 0 radical (unpaired) electrons. The molecule has 0 unspecified atom stereocenters. The van der Waals surface area contributed by atoms with E-state index in [0.29, 0.717) is 6.54 Å². The van der Waals surface area contributed by atoms with Crippen LogP contribution in [0, 0.1) is 11.8 Å². The topological polar surface area (TPSA) is 43.8 Å². The fourth-order valence-electron chi connectivity index (χ4n) is 0.703. The molecular formula is C8H11N3. The molecule has 0 aliphatic rings. The molecule has 0 saturated carbocycles. The lowest BCUT2D eigenvalue weighted by Gasteiger charge is -1.88. The molecule has 1 heterocycles. The third-order valence-electron chi connectivity index (χ3n) is 1.30. The van der Waals surface area contributed by atoms with Crippen molar-refractivity contribution in [1.29, 1.82) is 0 Å². The Bertz CT molecular complexity index is 277. The molecule has 3 nitrogen and oxygen atoms in total. The van der Waals surface area contributed by atoms with E-state index in [-0.39, 0.29) is 0 Å². The number of aromatic nitrogens is 2. The van der Waals surface area contributed by atoms with E-state index < -0.39 is 0 Å². The van der Waals surface area contributed by atoms with Gasteiger partial charge in [0.1, 0.15) is 5.69 Å². The highest BCUT2D eigenvalue weighted by Gasteiger charge is 1.89. The van der Waals surface area contributed by atoms with Gasteiger partial charge >= 0.3 is 0 Å². The zero-order valence-corrected chi connectivity index (χ0v) is 6.54. The average Bonchev–Trinajstić information content (AvgIpc) is 2.37. The van der Waals surface area contributed by atoms with Crippen LogP contribution in [0.5, 0.6) is 0 Å². The van der Waals surface area contributed by atoms with Crippen molar-refractivity contribution in [2.75, 3.05) is 6.54 Å². The molecule has 58 valence electrons. The van der Waals surface area contributed by atoms with Crippen molar-refractivity contribution >= 4 is 0 Å². The Balaban J connectivity index is 2.65. The second-order valence-corrected chi connectivity index (χ2v) is 2.23. The average molecular weight is 149 g/mol. The Morgan fingerprint density at radius 1 is 1.73 bits per heavy atom. The first-order valence-corrected chi connectivity index (χ1v) is 3.50. The van der Waals surface area contributed by atoms with Gasteiger partial charge in [0.2, 0.25) is 0 Å². The summed E-state index contributed by atoms with van der Waals surface area (Å²) in [6, 6.07) is 0. The van der Waals surface area contributed by atoms with Crippen LogP contribution in [-0.2, 0) is 7.05 Å². The molecule has 1 rings (SSSR count). The Kier molecular flexibility index (Phi) is 2.70. The van der Waals surface area contributed by atoms with Crippen LogP contribution >= 0.6 is 0 Å². The lowest BCUT2D eigenvalue weighted by Crippen LogP contribution is -1.95. The molecule has 0 aliphatic carbocycles. The van der Waals surface area contributed by atoms with Crippen LogP contribution in [0.25, 0.3) is 0 Å². The molecule has 0 fully saturated rings. The second kappa shape index (κ2) is 3.79. The van der Waals surface area contributed by atoms with Gasteiger partial charge in [-0.3, -0.25) is 0 Å². The Hall–Kier alpha value is -1.27. The number of aryl methyl sites for hydroxylation is 1. The second-order valence-electron chi connectivity index (χ2n) is 2.23. The van der Waals surface area contributed by atoms with E-state index in [4.69, 9.17) is 5.73 Å². The highest BCUT2D eigenvalue weighted by atomic mass is 15.0. The number of imidazole rings is 1. The third-order valence-corrected chi connectivity index (χ3v) is 1.30. The van der Waals surface area contributed by atoms with Gasteiger partial charge in [-0.2, -0.15) is 0 Å². The van der Waals surface area contributed by atoms with E-state index >= 15 is 0 Å². The van der Waals surface area contributed by atoms with Crippen LogP contribution in [0.15, 0.2) is 12.5 Å². The lowest BCUT2D eigenvalue weighted by atomic mass is 10.4. The highest BCUT2D eigenvalue weighted by Crippen LogP contribution is 1.91. The Morgan fingerprint density at radius 3 is 3.09 bits per heavy atom. The van der Waals surface area contributed by atoms with Gasteiger partial charge in [-0.1, -0.05) is 5.92 Å². The summed E-state index contributed by atoms with van der Waals surface area (Å²) < 4.78 is 1.88. The molecule has 3 heteroatoms. The van der Waals surface area contributed by atoms with Crippen molar-refractivity contribution in [3.05, 3.63) is 18.2 Å². The normalized spacial score (nSPS) is 8.91. The molecule has 11 heavy (non-hydrogen) atoms. The number of hydrogen-bond donors (Lipinski definition) is 1. The van der Waals surface area contributed by atoms with Gasteiger partial charge in [-0.25, -0.2) is 4.98 Å². The van der Waals surface area contributed by atoms with Gasteiger partial charge in [0.15, 0.2) is 0 Å². The highest BCUT2D eigenvalue weighted by molar-refractivity contribution is 5.25. The number of nitrogens with zero attached hydrogens (tertiary/aromatic N) is 2. The summed E-state index contributed by atoms with van der Waals surface area (Å²) in [7, 11) is 1.92. The van der Waals surface area contributed by atoms with E-state index in [1.54, 1.807) is 12.5 Å². The predicted octanol–water partition coefficient (Wildman–Crippen LogP) is 0.120. The summed E-state index contributed by atoms with van der Waals surface area (Å²) in [4.78, 5) is 3.93. The molecule has 2 N–H and O–H groups in total. The summed E-state index contributed by atoms with van der Waals surface area (Å²) >= 11 is 0. The smallest absolute Gasteiger partial charge is 0.111 e. The number of nitrogens with two attached hydrogens (primary N) is 1. The number of hydrogen-bond acceptors (Lipinski definition) is 2. The maximum atomic E-state index is 5.28. The van der Waals surface area contributed by atoms with Gasteiger partial charge in [-0.05, 0) is 5.92 Å².